The van der Waals surface area contributed by atoms with Gasteiger partial charge in [-0.05, 0) is 23.7 Å². The van der Waals surface area contributed by atoms with Crippen molar-refractivity contribution in [1.29, 1.82) is 0 Å². The molecule has 0 amide bonds. The number of anilines is 2. The van der Waals surface area contributed by atoms with Crippen LogP contribution in [0.3, 0.4) is 0 Å². The summed E-state index contributed by atoms with van der Waals surface area (Å²) in [6, 6.07) is 1.78. The lowest BCUT2D eigenvalue weighted by atomic mass is 10.0. The van der Waals surface area contributed by atoms with Gasteiger partial charge in [0.25, 0.3) is 0 Å². The van der Waals surface area contributed by atoms with Crippen LogP contribution in [0.5, 0.6) is 0 Å². The van der Waals surface area contributed by atoms with Crippen LogP contribution in [0.25, 0.3) is 0 Å². The number of nitrogens with one attached hydrogen (secondary N) is 1. The first-order chi connectivity index (χ1) is 9.29. The van der Waals surface area contributed by atoms with E-state index in [1.165, 1.54) is 0 Å². The molecular weight excluding hydrogens is 252 g/mol. The third-order valence-corrected chi connectivity index (χ3v) is 5.03. The molecule has 2 rings (SSSR count). The summed E-state index contributed by atoms with van der Waals surface area (Å²) in [6.07, 6.45) is 0. The van der Waals surface area contributed by atoms with Gasteiger partial charge in [0.15, 0.2) is 5.82 Å². The molecule has 0 unspecified atom stereocenters. The second-order valence-electron chi connectivity index (χ2n) is 6.61. The fourth-order valence-corrected chi connectivity index (χ4v) is 2.92. The van der Waals surface area contributed by atoms with E-state index in [1.54, 1.807) is 6.07 Å². The Morgan fingerprint density at radius 1 is 1.25 bits per heavy atom. The summed E-state index contributed by atoms with van der Waals surface area (Å²) in [5.41, 5.74) is 6.55. The van der Waals surface area contributed by atoms with Gasteiger partial charge >= 0.3 is 0 Å². The normalized spacial score (nSPS) is 19.9. The molecule has 1 saturated carbocycles. The van der Waals surface area contributed by atoms with Crippen molar-refractivity contribution in [1.82, 2.24) is 9.97 Å². The summed E-state index contributed by atoms with van der Waals surface area (Å²) in [6.45, 7) is 13.2. The molecule has 0 aliphatic heterocycles. The van der Waals surface area contributed by atoms with Gasteiger partial charge in [0.2, 0.25) is 0 Å². The van der Waals surface area contributed by atoms with Crippen molar-refractivity contribution in [2.45, 2.75) is 41.2 Å². The molecule has 20 heavy (non-hydrogen) atoms. The van der Waals surface area contributed by atoms with Gasteiger partial charge in [-0.3, -0.25) is 0 Å². The van der Waals surface area contributed by atoms with Crippen LogP contribution < -0.4 is 11.1 Å². The van der Waals surface area contributed by atoms with Crippen LogP contribution >= 0.6 is 0 Å². The monoisotopic (exact) mass is 278 g/mol. The molecule has 0 aromatic carbocycles. The average Bonchev–Trinajstić information content (AvgIpc) is 2.74. The molecule has 0 atom stereocenters. The Bertz CT molecular complexity index is 471. The van der Waals surface area contributed by atoms with E-state index in [0.717, 1.165) is 12.4 Å². The fraction of sp³-hybridized carbons (Fsp3) is 0.733. The van der Waals surface area contributed by atoms with E-state index in [4.69, 9.17) is 10.5 Å². The lowest BCUT2D eigenvalue weighted by molar-refractivity contribution is 0.128. The Balaban J connectivity index is 1.98. The smallest absolute Gasteiger partial charge is 0.158 e. The predicted molar refractivity (Wildman–Crippen MR) is 81.3 cm³/mol. The number of hydrogen-bond donors (Lipinski definition) is 2. The molecular formula is C15H26N4O. The number of hydrogen-bond acceptors (Lipinski definition) is 5. The highest BCUT2D eigenvalue weighted by molar-refractivity contribution is 5.45. The quantitative estimate of drug-likeness (QED) is 0.837. The van der Waals surface area contributed by atoms with E-state index < -0.39 is 0 Å². The highest BCUT2D eigenvalue weighted by atomic mass is 16.5. The molecule has 3 N–H and O–H groups in total. The SMILES string of the molecule is CCOCc1nc(N)cc(NCC2C(C)(C)C2(C)C)n1. The average molecular weight is 278 g/mol. The van der Waals surface area contributed by atoms with Gasteiger partial charge in [0.1, 0.15) is 18.2 Å². The van der Waals surface area contributed by atoms with Crippen LogP contribution in [0.1, 0.15) is 40.4 Å². The maximum absolute atomic E-state index is 5.81. The largest absolute Gasteiger partial charge is 0.384 e. The Morgan fingerprint density at radius 2 is 1.90 bits per heavy atom. The van der Waals surface area contributed by atoms with Crippen molar-refractivity contribution in [3.8, 4) is 0 Å². The highest BCUT2D eigenvalue weighted by Gasteiger charge is 2.64. The lowest BCUT2D eigenvalue weighted by Crippen LogP contribution is -2.12. The number of nitrogens with zero attached hydrogens (tertiary/aromatic N) is 2. The summed E-state index contributed by atoms with van der Waals surface area (Å²) >= 11 is 0. The van der Waals surface area contributed by atoms with Crippen LogP contribution in [0.15, 0.2) is 6.07 Å². The van der Waals surface area contributed by atoms with Gasteiger partial charge in [-0.1, -0.05) is 27.7 Å². The zero-order valence-electron chi connectivity index (χ0n) is 13.2. The summed E-state index contributed by atoms with van der Waals surface area (Å²) in [4.78, 5) is 8.61. The first-order valence-corrected chi connectivity index (χ1v) is 7.24. The van der Waals surface area contributed by atoms with E-state index >= 15 is 0 Å². The minimum atomic E-state index is 0.368. The zero-order chi connectivity index (χ0) is 15.0. The van der Waals surface area contributed by atoms with Gasteiger partial charge in [-0.15, -0.1) is 0 Å². The maximum atomic E-state index is 5.81. The van der Waals surface area contributed by atoms with E-state index in [9.17, 15) is 0 Å². The molecule has 1 aromatic heterocycles. The molecule has 0 bridgehead atoms. The molecule has 1 aromatic rings. The van der Waals surface area contributed by atoms with E-state index in [1.807, 2.05) is 6.92 Å². The van der Waals surface area contributed by atoms with Crippen LogP contribution in [0.4, 0.5) is 11.6 Å². The lowest BCUT2D eigenvalue weighted by Gasteiger charge is -2.09. The first-order valence-electron chi connectivity index (χ1n) is 7.24. The van der Waals surface area contributed by atoms with Gasteiger partial charge in [-0.25, -0.2) is 9.97 Å². The van der Waals surface area contributed by atoms with Crippen molar-refractivity contribution < 1.29 is 4.74 Å². The summed E-state index contributed by atoms with van der Waals surface area (Å²) in [5.74, 6) is 2.53. The van der Waals surface area contributed by atoms with Gasteiger partial charge < -0.3 is 15.8 Å². The predicted octanol–water partition coefficient (Wildman–Crippen LogP) is 2.69. The third-order valence-electron chi connectivity index (χ3n) is 5.03. The number of nitrogen functional groups attached to an aromatic ring is 1. The Kier molecular flexibility index (Phi) is 3.91. The van der Waals surface area contributed by atoms with Gasteiger partial charge in [-0.2, -0.15) is 0 Å². The minimum Gasteiger partial charge on any atom is -0.384 e. The second kappa shape index (κ2) is 5.20. The molecule has 1 aliphatic rings. The molecule has 0 radical (unpaired) electrons. The van der Waals surface area contributed by atoms with Crippen LogP contribution in [-0.4, -0.2) is 23.1 Å². The first kappa shape index (κ1) is 15.0. The highest BCUT2D eigenvalue weighted by Crippen LogP contribution is 2.68. The maximum Gasteiger partial charge on any atom is 0.158 e. The molecule has 1 aliphatic carbocycles. The number of nitrogens with two attached hydrogens (primary N) is 1. The Hall–Kier alpha value is -1.36. The second-order valence-corrected chi connectivity index (χ2v) is 6.61. The topological polar surface area (TPSA) is 73.1 Å². The van der Waals surface area contributed by atoms with Crippen molar-refractivity contribution in [2.75, 3.05) is 24.2 Å². The van der Waals surface area contributed by atoms with E-state index in [2.05, 4.69) is 43.0 Å². The van der Waals surface area contributed by atoms with E-state index in [-0.39, 0.29) is 0 Å². The molecule has 0 saturated heterocycles. The summed E-state index contributed by atoms with van der Waals surface area (Å²) in [7, 11) is 0. The van der Waals surface area contributed by atoms with Crippen LogP contribution in [0.2, 0.25) is 0 Å². The molecule has 112 valence electrons. The molecule has 5 nitrogen and oxygen atoms in total. The standard InChI is InChI=1S/C15H26N4O/c1-6-20-9-13-18-11(16)7-12(19-13)17-8-10-14(2,3)15(10,4)5/h7,10H,6,8-9H2,1-5H3,(H3,16,17,18,19). The van der Waals surface area contributed by atoms with E-state index in [0.29, 0.717) is 41.6 Å². The van der Waals surface area contributed by atoms with Gasteiger partial charge in [0.05, 0.1) is 0 Å². The van der Waals surface area contributed by atoms with Crippen LogP contribution in [-0.2, 0) is 11.3 Å². The molecule has 0 spiro atoms. The Labute approximate surface area is 121 Å². The Morgan fingerprint density at radius 3 is 2.45 bits per heavy atom. The van der Waals surface area contributed by atoms with Crippen molar-refractivity contribution in [3.05, 3.63) is 11.9 Å². The van der Waals surface area contributed by atoms with Crippen molar-refractivity contribution >= 4 is 11.6 Å². The molecule has 1 fully saturated rings. The number of ether oxygens (including phenoxy) is 1. The van der Waals surface area contributed by atoms with Crippen molar-refractivity contribution in [2.24, 2.45) is 16.7 Å². The van der Waals surface area contributed by atoms with Crippen LogP contribution in [0, 0.1) is 16.7 Å². The number of aromatic nitrogens is 2. The summed E-state index contributed by atoms with van der Waals surface area (Å²) < 4.78 is 5.33. The van der Waals surface area contributed by atoms with Gasteiger partial charge in [0, 0.05) is 19.2 Å². The number of rotatable bonds is 6. The molecule has 5 heteroatoms. The third kappa shape index (κ3) is 2.73. The summed E-state index contributed by atoms with van der Waals surface area (Å²) in [5, 5.41) is 3.39. The zero-order valence-corrected chi connectivity index (χ0v) is 13.2. The molecule has 1 heterocycles. The van der Waals surface area contributed by atoms with Crippen molar-refractivity contribution in [3.63, 3.8) is 0 Å². The minimum absolute atomic E-state index is 0.368. The fourth-order valence-electron chi connectivity index (χ4n) is 2.92.